The number of hydrogen-bond donors (Lipinski definition) is 0. The first-order chi connectivity index (χ1) is 11.2. The molecule has 0 unspecified atom stereocenters. The van der Waals surface area contributed by atoms with E-state index in [0.29, 0.717) is 21.0 Å². The fourth-order valence-corrected chi connectivity index (χ4v) is 4.94. The van der Waals surface area contributed by atoms with Crippen LogP contribution in [0.4, 0.5) is 0 Å². The van der Waals surface area contributed by atoms with Crippen LogP contribution < -0.4 is 0 Å². The van der Waals surface area contributed by atoms with Crippen LogP contribution in [0.15, 0.2) is 34.8 Å². The van der Waals surface area contributed by atoms with E-state index in [1.54, 1.807) is 23.5 Å². The van der Waals surface area contributed by atoms with Gasteiger partial charge in [0.15, 0.2) is 16.8 Å². The van der Waals surface area contributed by atoms with Crippen LogP contribution in [-0.2, 0) is 0 Å². The van der Waals surface area contributed by atoms with E-state index in [-0.39, 0.29) is 5.78 Å². The maximum atomic E-state index is 12.2. The number of Topliss-reactive ketones (excluding diaryl/α,β-unsaturated/α-hetero) is 1. The van der Waals surface area contributed by atoms with Gasteiger partial charge in [0.05, 0.1) is 19.8 Å². The molecule has 1 saturated carbocycles. The molecule has 0 saturated heterocycles. The van der Waals surface area contributed by atoms with Gasteiger partial charge in [-0.05, 0) is 36.4 Å². The lowest BCUT2D eigenvalue weighted by atomic mass is 10.4. The standard InChI is InChI=1S/C15H12ClN3OS3/c16-13-6-5-11(23-13)10(20)8-22-15-18-17-14(12-2-1-7-21-12)19(15)9-3-4-9/h1-2,5-7,9H,3-4,8H2. The summed E-state index contributed by atoms with van der Waals surface area (Å²) < 4.78 is 2.82. The smallest absolute Gasteiger partial charge is 0.192 e. The Labute approximate surface area is 150 Å². The minimum Gasteiger partial charge on any atom is -0.298 e. The van der Waals surface area contributed by atoms with Crippen molar-refractivity contribution in [3.05, 3.63) is 38.9 Å². The van der Waals surface area contributed by atoms with Crippen LogP contribution in [0, 0.1) is 0 Å². The molecule has 3 heterocycles. The molecule has 118 valence electrons. The van der Waals surface area contributed by atoms with Crippen LogP contribution in [0.1, 0.15) is 28.6 Å². The van der Waals surface area contributed by atoms with Gasteiger partial charge in [-0.25, -0.2) is 0 Å². The van der Waals surface area contributed by atoms with Crippen molar-refractivity contribution in [3.8, 4) is 10.7 Å². The predicted octanol–water partition coefficient (Wildman–Crippen LogP) is 5.03. The van der Waals surface area contributed by atoms with E-state index in [1.807, 2.05) is 11.4 Å². The second kappa shape index (κ2) is 6.39. The second-order valence-corrected chi connectivity index (χ2v) is 8.81. The third-order valence-corrected chi connectivity index (χ3v) is 6.58. The molecule has 0 spiro atoms. The van der Waals surface area contributed by atoms with E-state index < -0.39 is 0 Å². The van der Waals surface area contributed by atoms with Crippen LogP contribution >= 0.6 is 46.0 Å². The average molecular weight is 382 g/mol. The van der Waals surface area contributed by atoms with Gasteiger partial charge in [-0.1, -0.05) is 29.4 Å². The molecule has 8 heteroatoms. The Morgan fingerprint density at radius 1 is 1.35 bits per heavy atom. The molecular formula is C15H12ClN3OS3. The summed E-state index contributed by atoms with van der Waals surface area (Å²) in [6, 6.07) is 8.07. The van der Waals surface area contributed by atoms with Gasteiger partial charge in [0, 0.05) is 6.04 Å². The van der Waals surface area contributed by atoms with Gasteiger partial charge in [-0.3, -0.25) is 9.36 Å². The third-order valence-electron chi connectivity index (χ3n) is 3.50. The van der Waals surface area contributed by atoms with E-state index in [0.717, 1.165) is 28.7 Å². The summed E-state index contributed by atoms with van der Waals surface area (Å²) in [6.07, 6.45) is 2.30. The minimum absolute atomic E-state index is 0.0786. The highest BCUT2D eigenvalue weighted by Crippen LogP contribution is 2.41. The number of ketones is 1. The molecule has 0 bridgehead atoms. The fourth-order valence-electron chi connectivity index (χ4n) is 2.28. The van der Waals surface area contributed by atoms with E-state index in [2.05, 4.69) is 20.8 Å². The van der Waals surface area contributed by atoms with Gasteiger partial charge in [-0.15, -0.1) is 32.9 Å². The van der Waals surface area contributed by atoms with Crippen LogP contribution in [0.2, 0.25) is 4.34 Å². The normalized spacial score (nSPS) is 14.3. The van der Waals surface area contributed by atoms with Crippen molar-refractivity contribution >= 4 is 51.8 Å². The summed E-state index contributed by atoms with van der Waals surface area (Å²) in [5.41, 5.74) is 0. The quantitative estimate of drug-likeness (QED) is 0.443. The summed E-state index contributed by atoms with van der Waals surface area (Å²) in [7, 11) is 0. The lowest BCUT2D eigenvalue weighted by Crippen LogP contribution is -2.03. The zero-order chi connectivity index (χ0) is 15.8. The third kappa shape index (κ3) is 3.24. The summed E-state index contributed by atoms with van der Waals surface area (Å²) >= 11 is 10.3. The molecule has 0 aromatic carbocycles. The Hall–Kier alpha value is -1.15. The van der Waals surface area contributed by atoms with Crippen molar-refractivity contribution in [1.29, 1.82) is 0 Å². The highest BCUT2D eigenvalue weighted by molar-refractivity contribution is 7.99. The highest BCUT2D eigenvalue weighted by Gasteiger charge is 2.30. The molecule has 1 fully saturated rings. The molecule has 1 aliphatic carbocycles. The molecule has 0 radical (unpaired) electrons. The molecule has 0 N–H and O–H groups in total. The number of nitrogens with zero attached hydrogens (tertiary/aromatic N) is 3. The molecule has 23 heavy (non-hydrogen) atoms. The molecule has 0 aliphatic heterocycles. The van der Waals surface area contributed by atoms with Crippen molar-refractivity contribution in [2.45, 2.75) is 24.0 Å². The van der Waals surface area contributed by atoms with E-state index in [1.165, 1.54) is 23.1 Å². The van der Waals surface area contributed by atoms with Crippen molar-refractivity contribution in [1.82, 2.24) is 14.8 Å². The summed E-state index contributed by atoms with van der Waals surface area (Å²) in [4.78, 5) is 14.1. The van der Waals surface area contributed by atoms with Crippen LogP contribution in [0.3, 0.4) is 0 Å². The number of carbonyl (C=O) groups is 1. The zero-order valence-electron chi connectivity index (χ0n) is 11.9. The SMILES string of the molecule is O=C(CSc1nnc(-c2cccs2)n1C1CC1)c1ccc(Cl)s1. The number of thiophene rings is 2. The van der Waals surface area contributed by atoms with Crippen LogP contribution in [-0.4, -0.2) is 26.3 Å². The lowest BCUT2D eigenvalue weighted by molar-refractivity contribution is 0.102. The molecule has 3 aromatic rings. The summed E-state index contributed by atoms with van der Waals surface area (Å²) in [5, 5.41) is 11.5. The lowest BCUT2D eigenvalue weighted by Gasteiger charge is -2.07. The van der Waals surface area contributed by atoms with Gasteiger partial charge in [0.2, 0.25) is 0 Å². The van der Waals surface area contributed by atoms with Crippen LogP contribution in [0.5, 0.6) is 0 Å². The van der Waals surface area contributed by atoms with Gasteiger partial charge in [-0.2, -0.15) is 0 Å². The number of hydrogen-bond acceptors (Lipinski definition) is 6. The van der Waals surface area contributed by atoms with E-state index >= 15 is 0 Å². The van der Waals surface area contributed by atoms with E-state index in [4.69, 9.17) is 11.6 Å². The number of aromatic nitrogens is 3. The average Bonchev–Trinajstić information content (AvgIpc) is 2.97. The van der Waals surface area contributed by atoms with Gasteiger partial charge in [0.25, 0.3) is 0 Å². The first-order valence-corrected chi connectivity index (χ1v) is 10.2. The molecular weight excluding hydrogens is 370 g/mol. The number of carbonyl (C=O) groups excluding carboxylic acids is 1. The predicted molar refractivity (Wildman–Crippen MR) is 96.0 cm³/mol. The minimum atomic E-state index is 0.0786. The second-order valence-electron chi connectivity index (χ2n) is 5.20. The topological polar surface area (TPSA) is 47.8 Å². The van der Waals surface area contributed by atoms with Crippen molar-refractivity contribution < 1.29 is 4.79 Å². The Balaban J connectivity index is 1.54. The van der Waals surface area contributed by atoms with Gasteiger partial charge < -0.3 is 0 Å². The molecule has 1 aliphatic rings. The summed E-state index contributed by atoms with van der Waals surface area (Å²) in [5.74, 6) is 1.35. The first-order valence-electron chi connectivity index (χ1n) is 7.12. The summed E-state index contributed by atoms with van der Waals surface area (Å²) in [6.45, 7) is 0. The molecule has 4 nitrogen and oxygen atoms in total. The van der Waals surface area contributed by atoms with E-state index in [9.17, 15) is 4.79 Å². The molecule has 3 aromatic heterocycles. The van der Waals surface area contributed by atoms with Gasteiger partial charge >= 0.3 is 0 Å². The van der Waals surface area contributed by atoms with Crippen molar-refractivity contribution in [3.63, 3.8) is 0 Å². The van der Waals surface area contributed by atoms with Crippen molar-refractivity contribution in [2.75, 3.05) is 5.75 Å². The van der Waals surface area contributed by atoms with Crippen LogP contribution in [0.25, 0.3) is 10.7 Å². The Bertz CT molecular complexity index is 836. The first kappa shape index (κ1) is 15.4. The maximum absolute atomic E-state index is 12.2. The Kier molecular flexibility index (Phi) is 4.27. The number of thioether (sulfide) groups is 1. The zero-order valence-corrected chi connectivity index (χ0v) is 15.1. The number of rotatable bonds is 6. The highest BCUT2D eigenvalue weighted by atomic mass is 35.5. The monoisotopic (exact) mass is 381 g/mol. The molecule has 4 rings (SSSR count). The Morgan fingerprint density at radius 2 is 2.22 bits per heavy atom. The Morgan fingerprint density at radius 3 is 2.87 bits per heavy atom. The fraction of sp³-hybridized carbons (Fsp3) is 0.267. The number of halogens is 1. The molecule has 0 amide bonds. The molecule has 0 atom stereocenters. The van der Waals surface area contributed by atoms with Crippen molar-refractivity contribution in [2.24, 2.45) is 0 Å². The maximum Gasteiger partial charge on any atom is 0.192 e. The van der Waals surface area contributed by atoms with Gasteiger partial charge in [0.1, 0.15) is 0 Å². The largest absolute Gasteiger partial charge is 0.298 e.